The molecule has 20 heteroatoms. The minimum absolute atomic E-state index is 0.0598. The Labute approximate surface area is 787 Å². The van der Waals surface area contributed by atoms with Crippen LogP contribution in [-0.2, 0) is 44.6 Å². The Morgan fingerprint density at radius 2 is 0.631 bits per heavy atom. The van der Waals surface area contributed by atoms with E-state index < -0.39 is 16.9 Å². The Bertz CT molecular complexity index is 4960. The maximum Gasteiger partial charge on any atom is 0.348 e. The van der Waals surface area contributed by atoms with Gasteiger partial charge in [-0.2, -0.15) is 0 Å². The number of carboxylic acids is 1. The number of allylic oxidation sites excluding steroid dienone is 8. The average molecular weight is 1840 g/mol. The molecule has 9 aromatic rings. The van der Waals surface area contributed by atoms with E-state index in [0.717, 1.165) is 188 Å². The number of carbonyl (C=O) groups excluding carboxylic acids is 4. The summed E-state index contributed by atoms with van der Waals surface area (Å²) in [6, 6.07) is 54.9. The van der Waals surface area contributed by atoms with E-state index in [4.69, 9.17) is 24.1 Å². The molecular formula is C110H137NO15S4. The maximum atomic E-state index is 12.9. The molecule has 130 heavy (non-hydrogen) atoms. The van der Waals surface area contributed by atoms with Crippen LogP contribution in [0.1, 0.15) is 371 Å². The molecule has 4 N–H and O–H groups in total. The lowest BCUT2D eigenvalue weighted by molar-refractivity contribution is -0.384. The van der Waals surface area contributed by atoms with Crippen LogP contribution in [0.25, 0.3) is 22.3 Å². The largest absolute Gasteiger partial charge is 0.477 e. The van der Waals surface area contributed by atoms with Gasteiger partial charge >= 0.3 is 29.8 Å². The summed E-state index contributed by atoms with van der Waals surface area (Å²) in [6.07, 6.45) is 46.8. The molecule has 4 aliphatic carbocycles. The molecule has 0 saturated carbocycles. The van der Waals surface area contributed by atoms with Crippen LogP contribution in [0, 0.1) is 33.8 Å². The lowest BCUT2D eigenvalue weighted by atomic mass is 9.89. The third-order valence-electron chi connectivity index (χ3n) is 25.6. The SMILES string of the molecule is CCCCC[C@@H](O)c1ccc(C2=CCCC2CCCc2ccc(C(=O)O)s2)cc1.CCCCC[C@@H](O)c1ccc(C2=CCCC2CCCc2ccc(C(=O)OC)s2)cc1.CCCCC[C@@H](OC(=O)c1ccc([N+](=O)[O-])cc1)c1ccc(C2=CCCC2CCCc2ccc(C(=O)OC)s2)cc1.CCCCC[C@H](O)c1ccc(C2=CCCC2CCCc2ccc(C(=O)OC)s2)cc1. The third kappa shape index (κ3) is 31.9. The topological polar surface area (TPSA) is 246 Å². The summed E-state index contributed by atoms with van der Waals surface area (Å²) in [4.78, 5) is 76.6. The number of nitrogens with zero attached hydrogens (tertiary/aromatic N) is 1. The average Bonchev–Trinajstić information content (AvgIpc) is 1.63. The summed E-state index contributed by atoms with van der Waals surface area (Å²) in [5, 5.41) is 51.1. The van der Waals surface area contributed by atoms with Crippen molar-refractivity contribution in [2.75, 3.05) is 21.3 Å². The number of carbonyl (C=O) groups is 5. The molecule has 0 amide bonds. The Morgan fingerprint density at radius 1 is 0.354 bits per heavy atom. The Balaban J connectivity index is 0.000000182. The van der Waals surface area contributed by atoms with E-state index in [0.29, 0.717) is 48.7 Å². The van der Waals surface area contributed by atoms with Crippen molar-refractivity contribution in [1.29, 1.82) is 0 Å². The van der Waals surface area contributed by atoms with Gasteiger partial charge in [-0.3, -0.25) is 10.1 Å². The number of nitro benzene ring substituents is 1. The third-order valence-corrected chi connectivity index (χ3v) is 30.1. The van der Waals surface area contributed by atoms with E-state index >= 15 is 0 Å². The highest BCUT2D eigenvalue weighted by Gasteiger charge is 2.28. The first-order valence-corrected chi connectivity index (χ1v) is 51.0. The molecule has 13 rings (SSSR count). The van der Waals surface area contributed by atoms with Crippen LogP contribution in [0.15, 0.2) is 194 Å². The van der Waals surface area contributed by atoms with Gasteiger partial charge in [-0.1, -0.05) is 220 Å². The molecule has 4 heterocycles. The molecule has 4 aromatic heterocycles. The highest BCUT2D eigenvalue weighted by atomic mass is 32.1. The number of ether oxygens (including phenoxy) is 4. The van der Waals surface area contributed by atoms with Gasteiger partial charge in [-0.15, -0.1) is 45.3 Å². The van der Waals surface area contributed by atoms with Crippen LogP contribution < -0.4 is 0 Å². The number of esters is 4. The van der Waals surface area contributed by atoms with Crippen molar-refractivity contribution in [2.24, 2.45) is 23.7 Å². The van der Waals surface area contributed by atoms with Crippen LogP contribution in [0.2, 0.25) is 0 Å². The highest BCUT2D eigenvalue weighted by Crippen LogP contribution is 2.44. The standard InChI is InChI=1S/C33H37NO6S.2C26H34O3S.C25H32O3S/c1-3-4-5-12-30(40-32(35)26-17-19-27(20-18-26)34(37)38)25-15-13-24(14-16-25)29-11-7-9-23(29)8-6-10-28-21-22-31(41-28)33(36)39-2;2*1-3-4-5-12-24(27)21-15-13-20(14-16-21)23-11-7-9-19(23)8-6-10-22-17-18-25(30-22)26(28)29-2;1-2-3-4-11-23(26)20-14-12-19(13-15-20)22-10-6-8-18(22)7-5-9-21-16-17-24(29-21)25(27)28/h11,13-23,30H,3-10,12H2,1-2H3;2*11,13-19,24,27H,3-10,12H2,1-2H3;10,12-18,23,26H,2-9,11H2,1H3,(H,27,28)/t23?,30-;2*19?,24-;18?,23-/m1101/s1. The van der Waals surface area contributed by atoms with Crippen LogP contribution in [0.3, 0.4) is 0 Å². The number of hydrogen-bond donors (Lipinski definition) is 4. The van der Waals surface area contributed by atoms with Crippen molar-refractivity contribution in [3.63, 3.8) is 0 Å². The Kier molecular flexibility index (Phi) is 43.5. The number of aryl methyl sites for hydroxylation is 4. The number of rotatable bonds is 47. The van der Waals surface area contributed by atoms with E-state index in [-0.39, 0.29) is 48.0 Å². The van der Waals surface area contributed by atoms with Crippen molar-refractivity contribution >= 4 is 103 Å². The van der Waals surface area contributed by atoms with Crippen molar-refractivity contribution in [3.05, 3.63) is 293 Å². The molecule has 0 fully saturated rings. The molecule has 696 valence electrons. The normalized spacial score (nSPS) is 16.5. The smallest absolute Gasteiger partial charge is 0.348 e. The zero-order chi connectivity index (χ0) is 92.5. The summed E-state index contributed by atoms with van der Waals surface area (Å²) in [6.45, 7) is 8.69. The summed E-state index contributed by atoms with van der Waals surface area (Å²) in [5.41, 5.74) is 15.1. The van der Waals surface area contributed by atoms with E-state index in [1.807, 2.05) is 42.5 Å². The summed E-state index contributed by atoms with van der Waals surface area (Å²) in [7, 11) is 4.26. The van der Waals surface area contributed by atoms with Gasteiger partial charge in [0.05, 0.1) is 50.1 Å². The van der Waals surface area contributed by atoms with Crippen LogP contribution in [0.4, 0.5) is 5.69 Å². The Morgan fingerprint density at radius 3 is 0.900 bits per heavy atom. The molecule has 4 unspecified atom stereocenters. The molecule has 0 saturated heterocycles. The summed E-state index contributed by atoms with van der Waals surface area (Å²) < 4.78 is 20.3. The van der Waals surface area contributed by atoms with E-state index in [1.54, 1.807) is 28.7 Å². The molecule has 0 radical (unpaired) electrons. The van der Waals surface area contributed by atoms with Crippen molar-refractivity contribution in [2.45, 2.75) is 283 Å². The number of hydrogen-bond acceptors (Lipinski definition) is 18. The predicted molar refractivity (Wildman–Crippen MR) is 531 cm³/mol. The van der Waals surface area contributed by atoms with Crippen LogP contribution in [0.5, 0.6) is 0 Å². The maximum absolute atomic E-state index is 12.9. The van der Waals surface area contributed by atoms with Crippen molar-refractivity contribution < 1.29 is 68.3 Å². The first-order valence-electron chi connectivity index (χ1n) is 47.8. The summed E-state index contributed by atoms with van der Waals surface area (Å²) in [5.74, 6) is 0.206. The number of aliphatic hydroxyl groups is 3. The second kappa shape index (κ2) is 55.1. The van der Waals surface area contributed by atoms with E-state index in [1.165, 1.54) is 198 Å². The highest BCUT2D eigenvalue weighted by molar-refractivity contribution is 7.15. The number of benzene rings is 5. The first kappa shape index (κ1) is 103. The Hall–Kier alpha value is -9.51. The predicted octanol–water partition coefficient (Wildman–Crippen LogP) is 29.5. The number of aromatic carboxylic acids is 1. The fraction of sp³-hybridized carbons (Fsp3) is 0.464. The monoisotopic (exact) mass is 1840 g/mol. The first-order chi connectivity index (χ1) is 63.2. The van der Waals surface area contributed by atoms with Gasteiger partial charge in [0.1, 0.15) is 25.6 Å². The van der Waals surface area contributed by atoms with Crippen LogP contribution >= 0.6 is 45.3 Å². The van der Waals surface area contributed by atoms with Gasteiger partial charge in [0.2, 0.25) is 0 Å². The fourth-order valence-corrected chi connectivity index (χ4v) is 22.0. The number of methoxy groups -OCH3 is 3. The van der Waals surface area contributed by atoms with E-state index in [9.17, 15) is 49.4 Å². The van der Waals surface area contributed by atoms with Gasteiger partial charge < -0.3 is 39.4 Å². The molecule has 4 aliphatic rings. The van der Waals surface area contributed by atoms with Crippen molar-refractivity contribution in [3.8, 4) is 0 Å². The van der Waals surface area contributed by atoms with Gasteiger partial charge in [0.15, 0.2) is 0 Å². The molecule has 0 aliphatic heterocycles. The van der Waals surface area contributed by atoms with Gasteiger partial charge in [-0.25, -0.2) is 24.0 Å². The zero-order valence-corrected chi connectivity index (χ0v) is 80.7. The molecule has 0 bridgehead atoms. The minimum Gasteiger partial charge on any atom is -0.477 e. The van der Waals surface area contributed by atoms with Gasteiger partial charge in [0.25, 0.3) is 5.69 Å². The minimum atomic E-state index is -0.832. The number of non-ortho nitro benzene ring substituents is 1. The number of nitro groups is 1. The van der Waals surface area contributed by atoms with Gasteiger partial charge in [-0.05, 0) is 312 Å². The lowest BCUT2D eigenvalue weighted by Gasteiger charge is -2.20. The molecule has 0 spiro atoms. The number of aliphatic hydroxyl groups excluding tert-OH is 3. The zero-order valence-electron chi connectivity index (χ0n) is 77.4. The second-order valence-corrected chi connectivity index (χ2v) is 39.5. The molecule has 8 atom stereocenters. The van der Waals surface area contributed by atoms with Crippen molar-refractivity contribution in [1.82, 2.24) is 0 Å². The number of carboxylic acid groups (broad SMARTS) is 1. The molecule has 5 aromatic carbocycles. The van der Waals surface area contributed by atoms with Gasteiger partial charge in [0, 0.05) is 31.6 Å². The number of thiophene rings is 4. The van der Waals surface area contributed by atoms with E-state index in [2.05, 4.69) is 149 Å². The summed E-state index contributed by atoms with van der Waals surface area (Å²) >= 11 is 5.99. The quantitative estimate of drug-likeness (QED) is 0.00911. The number of unbranched alkanes of at least 4 members (excludes halogenated alkanes) is 8. The molecular weight excluding hydrogens is 1700 g/mol. The molecule has 16 nitrogen and oxygen atoms in total. The van der Waals surface area contributed by atoms with Crippen LogP contribution in [-0.4, -0.2) is 76.5 Å². The second-order valence-electron chi connectivity index (χ2n) is 34.9. The fourth-order valence-electron chi connectivity index (χ4n) is 18.2. The lowest BCUT2D eigenvalue weighted by Crippen LogP contribution is -2.12.